The van der Waals surface area contributed by atoms with Crippen molar-refractivity contribution in [3.05, 3.63) is 48.6 Å². The van der Waals surface area contributed by atoms with Crippen LogP contribution in [0, 0.1) is 57.7 Å². The second kappa shape index (κ2) is 12.9. The van der Waals surface area contributed by atoms with Crippen molar-refractivity contribution >= 4 is 29.7 Å². The number of imide groups is 1. The van der Waals surface area contributed by atoms with Gasteiger partial charge in [-0.1, -0.05) is 57.2 Å². The van der Waals surface area contributed by atoms with Crippen molar-refractivity contribution in [1.82, 2.24) is 4.90 Å². The van der Waals surface area contributed by atoms with E-state index >= 15 is 0 Å². The van der Waals surface area contributed by atoms with Crippen molar-refractivity contribution in [2.24, 2.45) is 57.7 Å². The summed E-state index contributed by atoms with van der Waals surface area (Å²) < 4.78 is 5.52. The van der Waals surface area contributed by atoms with Crippen molar-refractivity contribution in [2.75, 3.05) is 19.8 Å². The van der Waals surface area contributed by atoms with E-state index in [0.717, 1.165) is 37.0 Å². The molecule has 0 spiro atoms. The summed E-state index contributed by atoms with van der Waals surface area (Å²) in [5.74, 6) is -0.129. The number of rotatable bonds is 8. The number of aliphatic hydroxyl groups excluding tert-OH is 1. The normalized spacial score (nSPS) is 37.0. The summed E-state index contributed by atoms with van der Waals surface area (Å²) in [6.45, 7) is 6.39. The Bertz CT molecular complexity index is 1350. The Morgan fingerprint density at radius 1 is 0.848 bits per heavy atom. The van der Waals surface area contributed by atoms with Crippen molar-refractivity contribution in [3.8, 4) is 0 Å². The van der Waals surface area contributed by atoms with Gasteiger partial charge < -0.3 is 20.1 Å². The molecule has 10 nitrogen and oxygen atoms in total. The zero-order valence-corrected chi connectivity index (χ0v) is 27.0. The minimum absolute atomic E-state index is 0.0244. The van der Waals surface area contributed by atoms with Crippen LogP contribution in [0.3, 0.4) is 0 Å². The van der Waals surface area contributed by atoms with E-state index in [1.807, 2.05) is 6.08 Å². The quantitative estimate of drug-likeness (QED) is 0.199. The first kappa shape index (κ1) is 33.8. The molecule has 7 aliphatic rings. The van der Waals surface area contributed by atoms with Crippen molar-refractivity contribution in [1.29, 1.82) is 0 Å². The Hall–Kier alpha value is -3.53. The number of hydrogen-bond acceptors (Lipinski definition) is 7. The summed E-state index contributed by atoms with van der Waals surface area (Å²) in [5, 5.41) is 26.8. The van der Waals surface area contributed by atoms with Crippen LogP contribution < -0.4 is 0 Å². The summed E-state index contributed by atoms with van der Waals surface area (Å²) >= 11 is 0. The van der Waals surface area contributed by atoms with Gasteiger partial charge in [-0.3, -0.25) is 28.9 Å². The zero-order valence-electron chi connectivity index (χ0n) is 27.0. The van der Waals surface area contributed by atoms with Gasteiger partial charge in [-0.2, -0.15) is 0 Å². The number of carbonyl (C=O) groups is 5. The minimum Gasteiger partial charge on any atom is -0.481 e. The molecule has 46 heavy (non-hydrogen) atoms. The first-order valence-corrected chi connectivity index (χ1v) is 16.5. The lowest BCUT2D eigenvalue weighted by Gasteiger charge is -2.44. The molecule has 1 aliphatic heterocycles. The molecule has 0 aromatic heterocycles. The van der Waals surface area contributed by atoms with Crippen molar-refractivity contribution in [3.63, 3.8) is 0 Å². The lowest BCUT2D eigenvalue weighted by molar-refractivity contribution is -0.167. The highest BCUT2D eigenvalue weighted by atomic mass is 16.5. The second-order valence-electron chi connectivity index (χ2n) is 15.1. The first-order valence-electron chi connectivity index (χ1n) is 16.5. The number of hydrogen-bond donors (Lipinski definition) is 3. The Morgan fingerprint density at radius 2 is 1.46 bits per heavy atom. The van der Waals surface area contributed by atoms with Crippen LogP contribution in [-0.4, -0.2) is 69.7 Å². The Labute approximate surface area is 270 Å². The topological polar surface area (TPSA) is 159 Å². The van der Waals surface area contributed by atoms with E-state index in [4.69, 9.17) is 14.9 Å². The number of ether oxygens (including phenoxy) is 1. The van der Waals surface area contributed by atoms with Gasteiger partial charge in [-0.05, 0) is 85.9 Å². The van der Waals surface area contributed by atoms with Gasteiger partial charge in [0.1, 0.15) is 6.61 Å². The predicted molar refractivity (Wildman–Crippen MR) is 168 cm³/mol. The fourth-order valence-corrected chi connectivity index (χ4v) is 9.13. The molecule has 9 unspecified atom stereocenters. The molecule has 9 atom stereocenters. The molecule has 1 heterocycles. The third-order valence-electron chi connectivity index (χ3n) is 11.6. The maximum atomic E-state index is 12.9. The third kappa shape index (κ3) is 6.12. The van der Waals surface area contributed by atoms with Gasteiger partial charge in [0.2, 0.25) is 0 Å². The summed E-state index contributed by atoms with van der Waals surface area (Å²) in [6.07, 6.45) is 21.0. The van der Waals surface area contributed by atoms with Crippen LogP contribution in [0.15, 0.2) is 48.6 Å². The molecule has 0 aromatic rings. The van der Waals surface area contributed by atoms with E-state index in [-0.39, 0.29) is 60.7 Å². The fourth-order valence-electron chi connectivity index (χ4n) is 9.13. The third-order valence-corrected chi connectivity index (χ3v) is 11.6. The maximum absolute atomic E-state index is 12.9. The van der Waals surface area contributed by atoms with Gasteiger partial charge in [0, 0.05) is 18.8 Å². The maximum Gasteiger partial charge on any atom is 0.313 e. The SMILES string of the molecule is CC(C)(C)C1(C(=O)OCCN2C(=O)C=CC2=O)CC2C=CC1C2.O=C(O)C1(CCO)CC2C=CC1C2.O=C(O)C1CC2C=CC1C2. The fraction of sp³-hybridized carbons (Fsp3) is 0.639. The lowest BCUT2D eigenvalue weighted by Crippen LogP contribution is -2.48. The average Bonchev–Trinajstić information content (AvgIpc) is 3.86. The van der Waals surface area contributed by atoms with Gasteiger partial charge in [-0.15, -0.1) is 0 Å². The number of carboxylic acid groups (broad SMARTS) is 2. The van der Waals surface area contributed by atoms with Gasteiger partial charge in [0.15, 0.2) is 0 Å². The van der Waals surface area contributed by atoms with Gasteiger partial charge in [0.05, 0.1) is 23.3 Å². The number of aliphatic hydroxyl groups is 1. The number of aliphatic carboxylic acids is 2. The van der Waals surface area contributed by atoms with Gasteiger partial charge in [0.25, 0.3) is 11.8 Å². The number of allylic oxidation sites excluding steroid dienone is 6. The van der Waals surface area contributed by atoms with Crippen LogP contribution in [0.4, 0.5) is 0 Å². The number of amides is 2. The van der Waals surface area contributed by atoms with Crippen LogP contribution in [0.2, 0.25) is 0 Å². The van der Waals surface area contributed by atoms with Crippen LogP contribution in [0.5, 0.6) is 0 Å². The molecule has 3 saturated carbocycles. The highest BCUT2D eigenvalue weighted by Crippen LogP contribution is 2.61. The zero-order chi connectivity index (χ0) is 33.4. The molecule has 6 aliphatic carbocycles. The second-order valence-corrected chi connectivity index (χ2v) is 15.1. The molecular weight excluding hydrogens is 590 g/mol. The van der Waals surface area contributed by atoms with Crippen LogP contribution in [0.25, 0.3) is 0 Å². The largest absolute Gasteiger partial charge is 0.481 e. The number of esters is 1. The number of carbonyl (C=O) groups excluding carboxylic acids is 3. The van der Waals surface area contributed by atoms with Crippen LogP contribution >= 0.6 is 0 Å². The Morgan fingerprint density at radius 3 is 1.85 bits per heavy atom. The van der Waals surface area contributed by atoms with E-state index in [1.54, 1.807) is 0 Å². The molecule has 0 saturated heterocycles. The van der Waals surface area contributed by atoms with E-state index in [9.17, 15) is 29.1 Å². The number of nitrogens with zero attached hydrogens (tertiary/aromatic N) is 1. The first-order chi connectivity index (χ1) is 21.7. The minimum atomic E-state index is -0.738. The molecule has 250 valence electrons. The molecule has 3 N–H and O–H groups in total. The van der Waals surface area contributed by atoms with Gasteiger partial charge >= 0.3 is 17.9 Å². The summed E-state index contributed by atoms with van der Waals surface area (Å²) in [7, 11) is 0. The molecular formula is C36H47NO9. The lowest BCUT2D eigenvalue weighted by atomic mass is 9.59. The Kier molecular flexibility index (Phi) is 9.51. The standard InChI is InChI=1S/C18H23NO4.C10H14O3.C8H10O2/c1-17(2,3)18(11-12-4-5-13(18)10-12)16(22)23-9-8-19-14(20)6-7-15(19)21;11-4-3-10(9(12)13)6-7-1-2-8(10)5-7;9-8(10)7-4-5-1-2-6(7)3-5/h4-7,12-13H,8-11H2,1-3H3;1-2,7-8,11H,3-6H2,(H,12,13);1-2,5-7H,3-4H2,(H,9,10). The van der Waals surface area contributed by atoms with Crippen LogP contribution in [0.1, 0.15) is 65.7 Å². The summed E-state index contributed by atoms with van der Waals surface area (Å²) in [4.78, 5) is 58.7. The molecule has 3 fully saturated rings. The van der Waals surface area contributed by atoms with E-state index < -0.39 is 22.8 Å². The van der Waals surface area contributed by atoms with E-state index in [2.05, 4.69) is 51.2 Å². The smallest absolute Gasteiger partial charge is 0.313 e. The van der Waals surface area contributed by atoms with Crippen LogP contribution in [-0.2, 0) is 28.7 Å². The highest BCUT2D eigenvalue weighted by molar-refractivity contribution is 6.12. The average molecular weight is 638 g/mol. The molecule has 0 aromatic carbocycles. The van der Waals surface area contributed by atoms with Gasteiger partial charge in [-0.25, -0.2) is 0 Å². The molecule has 0 radical (unpaired) electrons. The summed E-state index contributed by atoms with van der Waals surface area (Å²) in [5.41, 5.74) is -1.37. The molecule has 10 heteroatoms. The van der Waals surface area contributed by atoms with Crippen molar-refractivity contribution in [2.45, 2.75) is 65.7 Å². The monoisotopic (exact) mass is 637 g/mol. The van der Waals surface area contributed by atoms with Crippen molar-refractivity contribution < 1.29 is 44.0 Å². The predicted octanol–water partition coefficient (Wildman–Crippen LogP) is 4.40. The number of carboxylic acids is 2. The highest BCUT2D eigenvalue weighted by Gasteiger charge is 2.60. The molecule has 6 bridgehead atoms. The molecule has 2 amide bonds. The van der Waals surface area contributed by atoms with E-state index in [0.29, 0.717) is 36.5 Å². The molecule has 7 rings (SSSR count). The summed E-state index contributed by atoms with van der Waals surface area (Å²) in [6, 6.07) is 0. The van der Waals surface area contributed by atoms with E-state index in [1.165, 1.54) is 12.2 Å². The Balaban J connectivity index is 0.000000151. The number of fused-ring (bicyclic) bond motifs is 6.